The van der Waals surface area contributed by atoms with Gasteiger partial charge in [0, 0.05) is 23.9 Å². The molecular formula is C25H28ClN6O5S2-. The lowest BCUT2D eigenvalue weighted by Gasteiger charge is -2.15. The Morgan fingerprint density at radius 1 is 1.03 bits per heavy atom. The van der Waals surface area contributed by atoms with E-state index in [9.17, 15) is 8.42 Å². The van der Waals surface area contributed by atoms with Gasteiger partial charge in [-0.1, -0.05) is 35.9 Å². The Bertz CT molecular complexity index is 1570. The standard InChI is InChI=1S/C25H26ClN5O3S.H3NO2S/c1-31(2)14-13-17-7-6-8-19(15-17)35(32,33)30-25-24(27-21-9-4-5-10-22(21)28-25)29-23-16-18(34-3)11-12-20(23)26;1-4(2)3/h4-12,15-16H,13-14H2,1-3H3,(H,27,29)(H,28,30);1H2,(H,2,3)/p-1. The fourth-order valence-corrected chi connectivity index (χ4v) is 4.66. The molecule has 0 bridgehead atoms. The van der Waals surface area contributed by atoms with E-state index < -0.39 is 21.3 Å². The maximum Gasteiger partial charge on any atom is 0.263 e. The van der Waals surface area contributed by atoms with Crippen molar-refractivity contribution in [2.45, 2.75) is 11.3 Å². The van der Waals surface area contributed by atoms with E-state index in [2.05, 4.69) is 25.1 Å². The number of methoxy groups -OCH3 is 1. The number of hydrogen-bond acceptors (Lipinski definition) is 9. The molecule has 1 unspecified atom stereocenters. The number of halogens is 1. The van der Waals surface area contributed by atoms with Crippen LogP contribution in [0.15, 0.2) is 71.6 Å². The Balaban J connectivity index is 0.000000983. The van der Waals surface area contributed by atoms with Gasteiger partial charge in [-0.05, 0) is 62.5 Å². The van der Waals surface area contributed by atoms with Crippen LogP contribution < -0.4 is 19.9 Å². The SMILES string of the molecule is COc1ccc(Cl)c(Nc2nc3ccccc3nc2NS(=O)(=O)c2cccc(CCN(C)C)c2)c1.NS(=O)[O-]. The Morgan fingerprint density at radius 3 is 2.28 bits per heavy atom. The van der Waals surface area contributed by atoms with Crippen LogP contribution in [0.25, 0.3) is 11.0 Å². The average molecular weight is 592 g/mol. The highest BCUT2D eigenvalue weighted by Crippen LogP contribution is 2.32. The van der Waals surface area contributed by atoms with E-state index in [0.29, 0.717) is 27.5 Å². The van der Waals surface area contributed by atoms with E-state index in [1.165, 1.54) is 0 Å². The van der Waals surface area contributed by atoms with E-state index in [0.717, 1.165) is 18.5 Å². The molecule has 14 heteroatoms. The molecule has 0 spiro atoms. The van der Waals surface area contributed by atoms with Crippen LogP contribution in [0.4, 0.5) is 17.3 Å². The molecule has 3 aromatic carbocycles. The number of sulfonamides is 1. The van der Waals surface area contributed by atoms with Crippen LogP contribution in [0.3, 0.4) is 0 Å². The van der Waals surface area contributed by atoms with Crippen LogP contribution in [0.2, 0.25) is 5.02 Å². The fourth-order valence-electron chi connectivity index (χ4n) is 3.42. The Kier molecular flexibility index (Phi) is 10.6. The summed E-state index contributed by atoms with van der Waals surface area (Å²) in [6.45, 7) is 0.808. The number of para-hydroxylation sites is 2. The largest absolute Gasteiger partial charge is 0.760 e. The monoisotopic (exact) mass is 591 g/mol. The molecule has 208 valence electrons. The number of nitrogens with zero attached hydrogens (tertiary/aromatic N) is 3. The number of nitrogens with two attached hydrogens (primary N) is 1. The van der Waals surface area contributed by atoms with Gasteiger partial charge < -0.3 is 19.5 Å². The predicted molar refractivity (Wildman–Crippen MR) is 153 cm³/mol. The van der Waals surface area contributed by atoms with Gasteiger partial charge in [0.05, 0.1) is 33.7 Å². The topological polar surface area (TPSA) is 163 Å². The molecule has 39 heavy (non-hydrogen) atoms. The highest BCUT2D eigenvalue weighted by atomic mass is 35.5. The molecule has 1 heterocycles. The first-order valence-electron chi connectivity index (χ1n) is 11.5. The number of likely N-dealkylation sites (N-methyl/N-ethyl adjacent to an activating group) is 1. The quantitative estimate of drug-likeness (QED) is 0.246. The van der Waals surface area contributed by atoms with Crippen LogP contribution in [0.1, 0.15) is 5.56 Å². The third kappa shape index (κ3) is 8.85. The zero-order valence-corrected chi connectivity index (χ0v) is 23.8. The molecule has 0 radical (unpaired) electrons. The van der Waals surface area contributed by atoms with Gasteiger partial charge in [-0.25, -0.2) is 18.4 Å². The number of anilines is 3. The lowest BCUT2D eigenvalue weighted by Crippen LogP contribution is -2.17. The lowest BCUT2D eigenvalue weighted by atomic mass is 10.1. The second-order valence-corrected chi connectivity index (χ2v) is 11.1. The van der Waals surface area contributed by atoms with Gasteiger partial charge in [0.2, 0.25) is 0 Å². The lowest BCUT2D eigenvalue weighted by molar-refractivity contribution is 0.413. The minimum absolute atomic E-state index is 0.0567. The summed E-state index contributed by atoms with van der Waals surface area (Å²) in [7, 11) is 1.56. The maximum atomic E-state index is 13.3. The highest BCUT2D eigenvalue weighted by Gasteiger charge is 2.20. The Labute approximate surface area is 234 Å². The second-order valence-electron chi connectivity index (χ2n) is 8.45. The number of fused-ring (bicyclic) bond motifs is 1. The van der Waals surface area contributed by atoms with Crippen LogP contribution in [-0.4, -0.2) is 59.8 Å². The molecule has 0 fully saturated rings. The van der Waals surface area contributed by atoms with Gasteiger partial charge >= 0.3 is 0 Å². The minimum atomic E-state index is -3.94. The van der Waals surface area contributed by atoms with E-state index >= 15 is 0 Å². The molecule has 1 aromatic heterocycles. The molecular weight excluding hydrogens is 564 g/mol. The van der Waals surface area contributed by atoms with Gasteiger partial charge in [-0.15, -0.1) is 0 Å². The number of aromatic nitrogens is 2. The summed E-state index contributed by atoms with van der Waals surface area (Å²) in [4.78, 5) is 11.3. The van der Waals surface area contributed by atoms with Crippen LogP contribution in [0.5, 0.6) is 5.75 Å². The van der Waals surface area contributed by atoms with Crippen molar-refractivity contribution in [1.29, 1.82) is 0 Å². The summed E-state index contributed by atoms with van der Waals surface area (Å²) in [6.07, 6.45) is 0.729. The third-order valence-electron chi connectivity index (χ3n) is 5.28. The normalized spacial score (nSPS) is 12.0. The minimum Gasteiger partial charge on any atom is -0.760 e. The molecule has 0 aliphatic carbocycles. The van der Waals surface area contributed by atoms with Gasteiger partial charge in [-0.2, -0.15) is 0 Å². The third-order valence-corrected chi connectivity index (χ3v) is 6.95. The second kappa shape index (κ2) is 13.6. The Hall–Kier alpha value is -3.33. The van der Waals surface area contributed by atoms with Crippen molar-refractivity contribution in [1.82, 2.24) is 14.9 Å². The summed E-state index contributed by atoms with van der Waals surface area (Å²) >= 11 is 4.00. The zero-order chi connectivity index (χ0) is 28.6. The van der Waals surface area contributed by atoms with Gasteiger partial charge in [0.15, 0.2) is 11.6 Å². The molecule has 0 saturated heterocycles. The van der Waals surface area contributed by atoms with Crippen molar-refractivity contribution in [3.05, 3.63) is 77.3 Å². The molecule has 4 rings (SSSR count). The number of hydrogen-bond donors (Lipinski definition) is 3. The van der Waals surface area contributed by atoms with Crippen molar-refractivity contribution in [3.63, 3.8) is 0 Å². The predicted octanol–water partition coefficient (Wildman–Crippen LogP) is 3.68. The van der Waals surface area contributed by atoms with E-state index in [4.69, 9.17) is 25.1 Å². The Morgan fingerprint density at radius 2 is 1.67 bits per heavy atom. The van der Waals surface area contributed by atoms with Crippen molar-refractivity contribution < 1.29 is 21.9 Å². The van der Waals surface area contributed by atoms with Crippen LogP contribution in [-0.2, 0) is 27.7 Å². The molecule has 0 saturated carbocycles. The van der Waals surface area contributed by atoms with E-state index in [1.54, 1.807) is 55.6 Å². The van der Waals surface area contributed by atoms with E-state index in [-0.39, 0.29) is 16.5 Å². The molecule has 0 aliphatic heterocycles. The van der Waals surface area contributed by atoms with Crippen molar-refractivity contribution >= 4 is 61.2 Å². The number of benzene rings is 3. The molecule has 0 amide bonds. The first kappa shape index (κ1) is 30.2. The molecule has 0 aliphatic rings. The van der Waals surface area contributed by atoms with Crippen molar-refractivity contribution in [2.75, 3.05) is 37.8 Å². The number of ether oxygens (including phenoxy) is 1. The van der Waals surface area contributed by atoms with E-state index in [1.807, 2.05) is 37.2 Å². The molecule has 4 N–H and O–H groups in total. The molecule has 11 nitrogen and oxygen atoms in total. The highest BCUT2D eigenvalue weighted by molar-refractivity contribution is 7.92. The smallest absolute Gasteiger partial charge is 0.263 e. The zero-order valence-electron chi connectivity index (χ0n) is 21.4. The van der Waals surface area contributed by atoms with Crippen LogP contribution >= 0.6 is 11.6 Å². The van der Waals surface area contributed by atoms with Crippen LogP contribution in [0, 0.1) is 0 Å². The van der Waals surface area contributed by atoms with Gasteiger partial charge in [-0.3, -0.25) is 14.1 Å². The van der Waals surface area contributed by atoms with Crippen molar-refractivity contribution in [2.24, 2.45) is 5.14 Å². The van der Waals surface area contributed by atoms with Gasteiger partial charge in [0.25, 0.3) is 10.0 Å². The van der Waals surface area contributed by atoms with Crippen molar-refractivity contribution in [3.8, 4) is 5.75 Å². The summed E-state index contributed by atoms with van der Waals surface area (Å²) in [5.74, 6) is 0.856. The first-order valence-corrected chi connectivity index (χ1v) is 14.5. The molecule has 4 aromatic rings. The molecule has 1 atom stereocenters. The van der Waals surface area contributed by atoms with Gasteiger partial charge in [0.1, 0.15) is 5.75 Å². The first-order chi connectivity index (χ1) is 18.5. The summed E-state index contributed by atoms with van der Waals surface area (Å²) in [5, 5.41) is 7.56. The summed E-state index contributed by atoms with van der Waals surface area (Å²) in [5.41, 5.74) is 2.57. The maximum absolute atomic E-state index is 13.3. The summed E-state index contributed by atoms with van der Waals surface area (Å²) < 4.78 is 52.1. The average Bonchev–Trinajstić information content (AvgIpc) is 2.88. The number of nitrogens with one attached hydrogen (secondary N) is 2. The summed E-state index contributed by atoms with van der Waals surface area (Å²) in [6, 6.07) is 19.2. The fraction of sp³-hybridized carbons (Fsp3) is 0.200. The number of rotatable bonds is 9.